The summed E-state index contributed by atoms with van der Waals surface area (Å²) in [7, 11) is 4.02. The Morgan fingerprint density at radius 1 is 1.20 bits per heavy atom. The Hall–Kier alpha value is -2.60. The number of benzene rings is 1. The van der Waals surface area contributed by atoms with Crippen LogP contribution in [0.25, 0.3) is 0 Å². The molecule has 0 aliphatic carbocycles. The van der Waals surface area contributed by atoms with E-state index in [1.165, 1.54) is 5.56 Å². The maximum absolute atomic E-state index is 5.92. The minimum absolute atomic E-state index is 0.447. The van der Waals surface area contributed by atoms with Gasteiger partial charge < -0.3 is 20.7 Å². The van der Waals surface area contributed by atoms with Gasteiger partial charge in [-0.05, 0) is 37.7 Å². The molecule has 2 aromatic rings. The van der Waals surface area contributed by atoms with Gasteiger partial charge in [0, 0.05) is 25.4 Å². The van der Waals surface area contributed by atoms with Crippen molar-refractivity contribution in [1.29, 1.82) is 0 Å². The summed E-state index contributed by atoms with van der Waals surface area (Å²) in [6.07, 6.45) is 2.64. The van der Waals surface area contributed by atoms with Crippen molar-refractivity contribution in [3.8, 4) is 5.88 Å². The fourth-order valence-electron chi connectivity index (χ4n) is 2.17. The molecule has 134 valence electrons. The molecule has 6 nitrogen and oxygen atoms in total. The SMILES string of the molecule is CN(C)CCOc1cc(CN=C(N)NCCc2ccccc2)ccn1. The summed E-state index contributed by atoms with van der Waals surface area (Å²) in [5, 5.41) is 3.14. The molecule has 0 saturated heterocycles. The van der Waals surface area contributed by atoms with Gasteiger partial charge in [-0.15, -0.1) is 0 Å². The summed E-state index contributed by atoms with van der Waals surface area (Å²) < 4.78 is 5.63. The highest BCUT2D eigenvalue weighted by Gasteiger charge is 2.00. The van der Waals surface area contributed by atoms with Crippen LogP contribution in [0.3, 0.4) is 0 Å². The quantitative estimate of drug-likeness (QED) is 0.536. The Kier molecular flexibility index (Phi) is 7.72. The van der Waals surface area contributed by atoms with Crippen LogP contribution in [-0.4, -0.2) is 49.6 Å². The molecule has 1 heterocycles. The van der Waals surface area contributed by atoms with Crippen molar-refractivity contribution in [1.82, 2.24) is 15.2 Å². The molecular formula is C19H27N5O. The van der Waals surface area contributed by atoms with Gasteiger partial charge in [-0.1, -0.05) is 30.3 Å². The van der Waals surface area contributed by atoms with Crippen molar-refractivity contribution in [3.63, 3.8) is 0 Å². The van der Waals surface area contributed by atoms with Crippen LogP contribution >= 0.6 is 0 Å². The summed E-state index contributed by atoms with van der Waals surface area (Å²) >= 11 is 0. The zero-order chi connectivity index (χ0) is 17.9. The average Bonchev–Trinajstić information content (AvgIpc) is 2.61. The van der Waals surface area contributed by atoms with E-state index in [1.54, 1.807) is 6.20 Å². The summed E-state index contributed by atoms with van der Waals surface area (Å²) in [6.45, 7) is 2.71. The first-order valence-corrected chi connectivity index (χ1v) is 8.43. The predicted molar refractivity (Wildman–Crippen MR) is 102 cm³/mol. The first-order valence-electron chi connectivity index (χ1n) is 8.43. The molecule has 0 radical (unpaired) electrons. The number of nitrogens with two attached hydrogens (primary N) is 1. The molecule has 0 aliphatic heterocycles. The number of hydrogen-bond donors (Lipinski definition) is 2. The van der Waals surface area contributed by atoms with E-state index in [9.17, 15) is 0 Å². The zero-order valence-corrected chi connectivity index (χ0v) is 15.0. The second-order valence-electron chi connectivity index (χ2n) is 6.02. The molecule has 0 spiro atoms. The van der Waals surface area contributed by atoms with Gasteiger partial charge in [0.25, 0.3) is 0 Å². The molecule has 3 N–H and O–H groups in total. The van der Waals surface area contributed by atoms with Crippen LogP contribution in [0.15, 0.2) is 53.7 Å². The van der Waals surface area contributed by atoms with Gasteiger partial charge in [0.15, 0.2) is 5.96 Å². The van der Waals surface area contributed by atoms with Crippen molar-refractivity contribution in [2.45, 2.75) is 13.0 Å². The van der Waals surface area contributed by atoms with E-state index in [1.807, 2.05) is 44.4 Å². The second kappa shape index (κ2) is 10.3. The molecule has 25 heavy (non-hydrogen) atoms. The number of aromatic nitrogens is 1. The van der Waals surface area contributed by atoms with Crippen molar-refractivity contribution in [3.05, 3.63) is 59.8 Å². The number of nitrogens with one attached hydrogen (secondary N) is 1. The first kappa shape index (κ1) is 18.7. The molecule has 0 saturated carbocycles. The lowest BCUT2D eigenvalue weighted by atomic mass is 10.1. The third-order valence-corrected chi connectivity index (χ3v) is 3.58. The number of nitrogens with zero attached hydrogens (tertiary/aromatic N) is 3. The van der Waals surface area contributed by atoms with Gasteiger partial charge in [0.1, 0.15) is 6.61 Å². The summed E-state index contributed by atoms with van der Waals surface area (Å²) in [6, 6.07) is 14.1. The lowest BCUT2D eigenvalue weighted by Gasteiger charge is -2.10. The third kappa shape index (κ3) is 7.67. The normalized spacial score (nSPS) is 11.6. The highest BCUT2D eigenvalue weighted by molar-refractivity contribution is 5.77. The molecule has 1 aromatic carbocycles. The fourth-order valence-corrected chi connectivity index (χ4v) is 2.17. The predicted octanol–water partition coefficient (Wildman–Crippen LogP) is 1.67. The van der Waals surface area contributed by atoms with Crippen molar-refractivity contribution >= 4 is 5.96 Å². The largest absolute Gasteiger partial charge is 0.476 e. The van der Waals surface area contributed by atoms with Gasteiger partial charge >= 0.3 is 0 Å². The third-order valence-electron chi connectivity index (χ3n) is 3.58. The number of likely N-dealkylation sites (N-methyl/N-ethyl adjacent to an activating group) is 1. The van der Waals surface area contributed by atoms with Crippen LogP contribution < -0.4 is 15.8 Å². The summed E-state index contributed by atoms with van der Waals surface area (Å²) in [4.78, 5) is 10.6. The van der Waals surface area contributed by atoms with Gasteiger partial charge in [-0.25, -0.2) is 9.98 Å². The van der Waals surface area contributed by atoms with Crippen molar-refractivity contribution in [2.24, 2.45) is 10.7 Å². The Morgan fingerprint density at radius 2 is 2.00 bits per heavy atom. The number of rotatable bonds is 9. The summed E-state index contributed by atoms with van der Waals surface area (Å²) in [5.41, 5.74) is 8.21. The fraction of sp³-hybridized carbons (Fsp3) is 0.368. The Balaban J connectivity index is 1.75. The Bertz CT molecular complexity index is 658. The number of guanidine groups is 1. The lowest BCUT2D eigenvalue weighted by molar-refractivity contribution is 0.253. The van der Waals surface area contributed by atoms with Crippen molar-refractivity contribution < 1.29 is 4.74 Å². The van der Waals surface area contributed by atoms with Crippen LogP contribution in [0.1, 0.15) is 11.1 Å². The molecule has 0 aliphatic rings. The molecule has 0 bridgehead atoms. The molecule has 1 aromatic heterocycles. The molecule has 0 unspecified atom stereocenters. The van der Waals surface area contributed by atoms with Crippen LogP contribution in [0.2, 0.25) is 0 Å². The van der Waals surface area contributed by atoms with Gasteiger partial charge in [0.05, 0.1) is 6.54 Å². The Labute approximate surface area is 149 Å². The molecule has 2 rings (SSSR count). The van der Waals surface area contributed by atoms with E-state index < -0.39 is 0 Å². The lowest BCUT2D eigenvalue weighted by Crippen LogP contribution is -2.33. The molecule has 0 atom stereocenters. The van der Waals surface area contributed by atoms with E-state index in [0.717, 1.165) is 25.1 Å². The van der Waals surface area contributed by atoms with E-state index in [-0.39, 0.29) is 0 Å². The highest BCUT2D eigenvalue weighted by Crippen LogP contribution is 2.10. The van der Waals surface area contributed by atoms with E-state index in [0.29, 0.717) is 25.0 Å². The summed E-state index contributed by atoms with van der Waals surface area (Å²) in [5.74, 6) is 1.06. The van der Waals surface area contributed by atoms with Gasteiger partial charge in [0.2, 0.25) is 5.88 Å². The van der Waals surface area contributed by atoms with E-state index in [4.69, 9.17) is 10.5 Å². The Morgan fingerprint density at radius 3 is 2.76 bits per heavy atom. The van der Waals surface area contributed by atoms with Crippen LogP contribution in [0, 0.1) is 0 Å². The highest BCUT2D eigenvalue weighted by atomic mass is 16.5. The molecular weight excluding hydrogens is 314 g/mol. The van der Waals surface area contributed by atoms with Crippen molar-refractivity contribution in [2.75, 3.05) is 33.8 Å². The number of pyridine rings is 1. The number of aliphatic imine (C=N–C) groups is 1. The maximum atomic E-state index is 5.92. The first-order chi connectivity index (χ1) is 12.1. The standard InChI is InChI=1S/C19H27N5O/c1-24(2)12-13-25-18-14-17(9-10-21-18)15-23-19(20)22-11-8-16-6-4-3-5-7-16/h3-7,9-10,14H,8,11-13,15H2,1-2H3,(H3,20,22,23). The van der Waals surface area contributed by atoms with Crippen LogP contribution in [0.5, 0.6) is 5.88 Å². The van der Waals surface area contributed by atoms with Crippen LogP contribution in [-0.2, 0) is 13.0 Å². The minimum atomic E-state index is 0.447. The molecule has 6 heteroatoms. The van der Waals surface area contributed by atoms with Gasteiger partial charge in [-0.2, -0.15) is 0 Å². The van der Waals surface area contributed by atoms with E-state index >= 15 is 0 Å². The molecule has 0 fully saturated rings. The van der Waals surface area contributed by atoms with E-state index in [2.05, 4.69) is 32.3 Å². The minimum Gasteiger partial charge on any atom is -0.476 e. The number of hydrogen-bond acceptors (Lipinski definition) is 4. The number of ether oxygens (including phenoxy) is 1. The smallest absolute Gasteiger partial charge is 0.213 e. The average molecular weight is 341 g/mol. The maximum Gasteiger partial charge on any atom is 0.213 e. The van der Waals surface area contributed by atoms with Crippen LogP contribution in [0.4, 0.5) is 0 Å². The second-order valence-corrected chi connectivity index (χ2v) is 6.02. The monoisotopic (exact) mass is 341 g/mol. The zero-order valence-electron chi connectivity index (χ0n) is 15.0. The van der Waals surface area contributed by atoms with Gasteiger partial charge in [-0.3, -0.25) is 0 Å². The molecule has 0 amide bonds. The topological polar surface area (TPSA) is 75.8 Å².